The number of hydrogen-bond acceptors (Lipinski definition) is 5. The zero-order valence-electron chi connectivity index (χ0n) is 8.37. The first-order valence-corrected chi connectivity index (χ1v) is 4.17. The van der Waals surface area contributed by atoms with E-state index in [1.165, 1.54) is 0 Å². The highest BCUT2D eigenvalue weighted by Gasteiger charge is 2.18. The van der Waals surface area contributed by atoms with Crippen LogP contribution in [0.5, 0.6) is 5.75 Å². The van der Waals surface area contributed by atoms with Crippen LogP contribution in [0.4, 0.5) is 20.2 Å². The van der Waals surface area contributed by atoms with E-state index in [0.29, 0.717) is 0 Å². The van der Waals surface area contributed by atoms with Gasteiger partial charge in [-0.15, -0.1) is 0 Å². The first-order chi connectivity index (χ1) is 7.45. The number of hydrogen-bond donors (Lipinski definition) is 2. The third-order valence-corrected chi connectivity index (χ3v) is 1.81. The summed E-state index contributed by atoms with van der Waals surface area (Å²) in [5, 5.41) is 0. The number of alkyl halides is 2. The Bertz CT molecular complexity index is 410. The molecule has 0 bridgehead atoms. The summed E-state index contributed by atoms with van der Waals surface area (Å²) in [5.41, 5.74) is 10.8. The van der Waals surface area contributed by atoms with E-state index in [0.717, 1.165) is 19.2 Å². The quantitative estimate of drug-likeness (QED) is 0.604. The Morgan fingerprint density at radius 2 is 1.88 bits per heavy atom. The maximum absolute atomic E-state index is 12.1. The van der Waals surface area contributed by atoms with E-state index in [1.807, 2.05) is 0 Å². The topological polar surface area (TPSA) is 87.6 Å². The normalized spacial score (nSPS) is 10.2. The minimum absolute atomic E-state index is 0.0447. The predicted octanol–water partition coefficient (Wildman–Crippen LogP) is 1.24. The van der Waals surface area contributed by atoms with Crippen LogP contribution in [0.3, 0.4) is 0 Å². The molecule has 0 spiro atoms. The molecule has 0 saturated heterocycles. The van der Waals surface area contributed by atoms with Gasteiger partial charge in [0, 0.05) is 6.07 Å². The van der Waals surface area contributed by atoms with Crippen LogP contribution in [-0.4, -0.2) is 19.7 Å². The van der Waals surface area contributed by atoms with Crippen LogP contribution in [0.25, 0.3) is 0 Å². The lowest BCUT2D eigenvalue weighted by atomic mass is 10.1. The molecule has 0 radical (unpaired) electrons. The molecule has 1 aromatic rings. The monoisotopic (exact) mass is 232 g/mol. The van der Waals surface area contributed by atoms with E-state index in [2.05, 4.69) is 9.47 Å². The number of methoxy groups -OCH3 is 1. The number of halogens is 2. The molecule has 0 heterocycles. The summed E-state index contributed by atoms with van der Waals surface area (Å²) in [6.07, 6.45) is 0. The molecule has 0 amide bonds. The number of nitrogen functional groups attached to an aromatic ring is 2. The highest BCUT2D eigenvalue weighted by atomic mass is 19.3. The van der Waals surface area contributed by atoms with E-state index in [4.69, 9.17) is 11.5 Å². The molecule has 0 aliphatic rings. The highest BCUT2D eigenvalue weighted by Crippen LogP contribution is 2.29. The molecule has 7 heteroatoms. The third kappa shape index (κ3) is 2.50. The third-order valence-electron chi connectivity index (χ3n) is 1.81. The molecule has 4 N–H and O–H groups in total. The zero-order valence-corrected chi connectivity index (χ0v) is 8.37. The lowest BCUT2D eigenvalue weighted by Gasteiger charge is -2.11. The Morgan fingerprint density at radius 1 is 1.31 bits per heavy atom. The summed E-state index contributed by atoms with van der Waals surface area (Å²) < 4.78 is 32.6. The Kier molecular flexibility index (Phi) is 3.49. The van der Waals surface area contributed by atoms with E-state index >= 15 is 0 Å². The molecular formula is C9H10F2N2O3. The summed E-state index contributed by atoms with van der Waals surface area (Å²) in [6, 6.07) is 2.17. The van der Waals surface area contributed by atoms with Gasteiger partial charge in [-0.3, -0.25) is 0 Å². The average molecular weight is 232 g/mol. The maximum Gasteiger partial charge on any atom is 0.387 e. The standard InChI is InChI=1S/C9H10F2N2O3/c1-15-8(14)4-2-5(12)6(13)3-7(4)16-9(10)11/h2-3,9H,12-13H2,1H3. The molecule has 1 aromatic carbocycles. The number of nitrogens with two attached hydrogens (primary N) is 2. The van der Waals surface area contributed by atoms with Crippen LogP contribution >= 0.6 is 0 Å². The van der Waals surface area contributed by atoms with E-state index in [9.17, 15) is 13.6 Å². The number of carbonyl (C=O) groups is 1. The van der Waals surface area contributed by atoms with Gasteiger partial charge in [0.05, 0.1) is 18.5 Å². The fourth-order valence-corrected chi connectivity index (χ4v) is 1.08. The number of rotatable bonds is 3. The molecule has 0 unspecified atom stereocenters. The van der Waals surface area contributed by atoms with Crippen LogP contribution in [0.1, 0.15) is 10.4 Å². The van der Waals surface area contributed by atoms with Crippen LogP contribution in [-0.2, 0) is 4.74 Å². The second-order valence-corrected chi connectivity index (χ2v) is 2.85. The first kappa shape index (κ1) is 12.0. The van der Waals surface area contributed by atoms with Gasteiger partial charge in [-0.2, -0.15) is 8.78 Å². The van der Waals surface area contributed by atoms with Gasteiger partial charge in [-0.05, 0) is 6.07 Å². The van der Waals surface area contributed by atoms with Crippen molar-refractivity contribution in [2.75, 3.05) is 18.6 Å². The average Bonchev–Trinajstić information content (AvgIpc) is 2.21. The van der Waals surface area contributed by atoms with Crippen molar-refractivity contribution in [3.63, 3.8) is 0 Å². The SMILES string of the molecule is COC(=O)c1cc(N)c(N)cc1OC(F)F. The van der Waals surface area contributed by atoms with Crippen molar-refractivity contribution in [3.8, 4) is 5.75 Å². The van der Waals surface area contributed by atoms with Gasteiger partial charge in [-0.25, -0.2) is 4.79 Å². The second kappa shape index (κ2) is 4.65. The Hall–Kier alpha value is -2.05. The fourth-order valence-electron chi connectivity index (χ4n) is 1.08. The number of ether oxygens (including phenoxy) is 2. The zero-order chi connectivity index (χ0) is 12.3. The molecule has 0 saturated carbocycles. The lowest BCUT2D eigenvalue weighted by molar-refractivity contribution is -0.0503. The van der Waals surface area contributed by atoms with Gasteiger partial charge in [0.15, 0.2) is 0 Å². The van der Waals surface area contributed by atoms with Gasteiger partial charge in [0.25, 0.3) is 0 Å². The largest absolute Gasteiger partial charge is 0.465 e. The molecule has 0 atom stereocenters. The predicted molar refractivity (Wildman–Crippen MR) is 53.2 cm³/mol. The Balaban J connectivity index is 3.21. The number of benzene rings is 1. The maximum atomic E-state index is 12.1. The minimum Gasteiger partial charge on any atom is -0.465 e. The molecular weight excluding hydrogens is 222 g/mol. The Labute approximate surface area is 89.9 Å². The van der Waals surface area contributed by atoms with Gasteiger partial charge in [0.1, 0.15) is 11.3 Å². The van der Waals surface area contributed by atoms with Crippen molar-refractivity contribution in [2.24, 2.45) is 0 Å². The molecule has 1 rings (SSSR count). The summed E-state index contributed by atoms with van der Waals surface area (Å²) in [4.78, 5) is 11.2. The highest BCUT2D eigenvalue weighted by molar-refractivity contribution is 5.95. The van der Waals surface area contributed by atoms with Crippen LogP contribution in [0.15, 0.2) is 12.1 Å². The van der Waals surface area contributed by atoms with Crippen molar-refractivity contribution >= 4 is 17.3 Å². The van der Waals surface area contributed by atoms with E-state index in [1.54, 1.807) is 0 Å². The molecule has 88 valence electrons. The minimum atomic E-state index is -3.06. The molecule has 0 aliphatic carbocycles. The number of esters is 1. The summed E-state index contributed by atoms with van der Waals surface area (Å²) in [6.45, 7) is -3.06. The first-order valence-electron chi connectivity index (χ1n) is 4.17. The number of anilines is 2. The van der Waals surface area contributed by atoms with Crippen LogP contribution in [0.2, 0.25) is 0 Å². The van der Waals surface area contributed by atoms with Crippen LogP contribution < -0.4 is 16.2 Å². The molecule has 0 aliphatic heterocycles. The number of carbonyl (C=O) groups excluding carboxylic acids is 1. The van der Waals surface area contributed by atoms with Crippen molar-refractivity contribution < 1.29 is 23.0 Å². The fraction of sp³-hybridized carbons (Fsp3) is 0.222. The Morgan fingerprint density at radius 3 is 2.38 bits per heavy atom. The summed E-state index contributed by atoms with van der Waals surface area (Å²) >= 11 is 0. The molecule has 16 heavy (non-hydrogen) atoms. The van der Waals surface area contributed by atoms with Crippen molar-refractivity contribution in [1.82, 2.24) is 0 Å². The van der Waals surface area contributed by atoms with Gasteiger partial charge in [0.2, 0.25) is 0 Å². The molecule has 0 aromatic heterocycles. The summed E-state index contributed by atoms with van der Waals surface area (Å²) in [5.74, 6) is -1.20. The van der Waals surface area contributed by atoms with Crippen molar-refractivity contribution in [3.05, 3.63) is 17.7 Å². The second-order valence-electron chi connectivity index (χ2n) is 2.85. The molecule has 0 fully saturated rings. The van der Waals surface area contributed by atoms with E-state index in [-0.39, 0.29) is 22.7 Å². The smallest absolute Gasteiger partial charge is 0.387 e. The van der Waals surface area contributed by atoms with E-state index < -0.39 is 12.6 Å². The van der Waals surface area contributed by atoms with Gasteiger partial charge in [-0.1, -0.05) is 0 Å². The van der Waals surface area contributed by atoms with Crippen molar-refractivity contribution in [1.29, 1.82) is 0 Å². The molecule has 5 nitrogen and oxygen atoms in total. The van der Waals surface area contributed by atoms with Gasteiger partial charge < -0.3 is 20.9 Å². The lowest BCUT2D eigenvalue weighted by Crippen LogP contribution is -2.11. The van der Waals surface area contributed by atoms with Crippen LogP contribution in [0, 0.1) is 0 Å². The van der Waals surface area contributed by atoms with Gasteiger partial charge >= 0.3 is 12.6 Å². The van der Waals surface area contributed by atoms with Crippen molar-refractivity contribution in [2.45, 2.75) is 6.61 Å². The summed E-state index contributed by atoms with van der Waals surface area (Å²) in [7, 11) is 1.11.